The lowest BCUT2D eigenvalue weighted by Gasteiger charge is -2.15. The number of carboxylic acid groups (broad SMARTS) is 1. The van der Waals surface area contributed by atoms with E-state index in [4.69, 9.17) is 9.84 Å². The Balaban J connectivity index is 1.65. The number of aliphatic carboxylic acids is 1. The molecule has 1 atom stereocenters. The van der Waals surface area contributed by atoms with Crippen molar-refractivity contribution in [1.82, 2.24) is 5.32 Å². The molecule has 1 heterocycles. The Hall–Kier alpha value is -3.55. The second kappa shape index (κ2) is 8.22. The topological polar surface area (TPSA) is 117 Å². The van der Waals surface area contributed by atoms with E-state index < -0.39 is 18.1 Å². The zero-order valence-corrected chi connectivity index (χ0v) is 14.4. The van der Waals surface area contributed by atoms with Crippen LogP contribution in [0.5, 0.6) is 0 Å². The minimum atomic E-state index is -1.08. The Morgan fingerprint density at radius 2 is 1.96 bits per heavy atom. The Morgan fingerprint density at radius 1 is 1.19 bits per heavy atom. The summed E-state index contributed by atoms with van der Waals surface area (Å²) in [5.74, 6) is -1.46. The number of carbonyl (C=O) groups is 3. The second-order valence-electron chi connectivity index (χ2n) is 6.07. The van der Waals surface area contributed by atoms with Crippen molar-refractivity contribution in [2.24, 2.45) is 0 Å². The molecule has 27 heavy (non-hydrogen) atoms. The monoisotopic (exact) mass is 369 g/mol. The van der Waals surface area contributed by atoms with Crippen LogP contribution < -0.4 is 16.0 Å². The number of benzene rings is 2. The number of nitrogens with one attached hydrogen (secondary N) is 3. The number of ether oxygens (including phenoxy) is 1. The fourth-order valence-corrected chi connectivity index (χ4v) is 2.70. The van der Waals surface area contributed by atoms with Crippen molar-refractivity contribution >= 4 is 29.3 Å². The van der Waals surface area contributed by atoms with Gasteiger partial charge >= 0.3 is 12.1 Å². The summed E-state index contributed by atoms with van der Waals surface area (Å²) in [7, 11) is 0. The third-order valence-electron chi connectivity index (χ3n) is 4.05. The van der Waals surface area contributed by atoms with Crippen LogP contribution in [-0.4, -0.2) is 29.1 Å². The number of anilines is 2. The fourth-order valence-electron chi connectivity index (χ4n) is 2.70. The maximum atomic E-state index is 12.0. The van der Waals surface area contributed by atoms with Gasteiger partial charge in [-0.25, -0.2) is 4.79 Å². The minimum Gasteiger partial charge on any atom is -0.481 e. The van der Waals surface area contributed by atoms with Crippen molar-refractivity contribution in [1.29, 1.82) is 0 Å². The smallest absolute Gasteiger partial charge is 0.411 e. The van der Waals surface area contributed by atoms with Crippen molar-refractivity contribution in [3.8, 4) is 0 Å². The van der Waals surface area contributed by atoms with Crippen LogP contribution in [0.4, 0.5) is 16.2 Å². The van der Waals surface area contributed by atoms with Gasteiger partial charge in [0.25, 0.3) is 0 Å². The highest BCUT2D eigenvalue weighted by Crippen LogP contribution is 2.24. The predicted octanol–water partition coefficient (Wildman–Crippen LogP) is 2.32. The SMILES string of the molecule is O=C(O)C[C@H]1Nc2cc(NC(=O)OCc3ccccc3)ccc2CNC1=O. The van der Waals surface area contributed by atoms with Crippen LogP contribution in [0.2, 0.25) is 0 Å². The van der Waals surface area contributed by atoms with Gasteiger partial charge in [0.2, 0.25) is 5.91 Å². The lowest BCUT2D eigenvalue weighted by atomic mass is 10.1. The maximum absolute atomic E-state index is 12.0. The van der Waals surface area contributed by atoms with Crippen molar-refractivity contribution in [3.63, 3.8) is 0 Å². The molecule has 0 aliphatic carbocycles. The Morgan fingerprint density at radius 3 is 2.70 bits per heavy atom. The molecule has 2 aromatic carbocycles. The number of carbonyl (C=O) groups excluding carboxylic acids is 2. The summed E-state index contributed by atoms with van der Waals surface area (Å²) in [6.45, 7) is 0.422. The first kappa shape index (κ1) is 18.2. The van der Waals surface area contributed by atoms with Crippen LogP contribution in [0.25, 0.3) is 0 Å². The van der Waals surface area contributed by atoms with Gasteiger partial charge in [-0.15, -0.1) is 0 Å². The summed E-state index contributed by atoms with van der Waals surface area (Å²) >= 11 is 0. The molecular weight excluding hydrogens is 350 g/mol. The molecule has 4 N–H and O–H groups in total. The lowest BCUT2D eigenvalue weighted by Crippen LogP contribution is -2.38. The van der Waals surface area contributed by atoms with Gasteiger partial charge in [0.15, 0.2) is 0 Å². The summed E-state index contributed by atoms with van der Waals surface area (Å²) in [6, 6.07) is 13.5. The van der Waals surface area contributed by atoms with Gasteiger partial charge in [0, 0.05) is 17.9 Å². The highest BCUT2D eigenvalue weighted by atomic mass is 16.5. The van der Waals surface area contributed by atoms with E-state index in [-0.39, 0.29) is 25.5 Å². The average Bonchev–Trinajstić information content (AvgIpc) is 2.79. The number of rotatable bonds is 5. The molecule has 0 aromatic heterocycles. The molecular formula is C19H19N3O5. The molecule has 0 saturated heterocycles. The largest absolute Gasteiger partial charge is 0.481 e. The van der Waals surface area contributed by atoms with Crippen LogP contribution in [0.3, 0.4) is 0 Å². The van der Waals surface area contributed by atoms with Crippen LogP contribution in [-0.2, 0) is 27.5 Å². The summed E-state index contributed by atoms with van der Waals surface area (Å²) in [4.78, 5) is 34.9. The number of hydrogen-bond donors (Lipinski definition) is 4. The quantitative estimate of drug-likeness (QED) is 0.643. The van der Waals surface area contributed by atoms with E-state index in [1.54, 1.807) is 18.2 Å². The molecule has 0 saturated carbocycles. The predicted molar refractivity (Wildman–Crippen MR) is 98.2 cm³/mol. The minimum absolute atomic E-state index is 0.148. The standard InChI is InChI=1S/C19H19N3O5/c23-17(24)9-16-18(25)20-10-13-6-7-14(8-15(13)22-16)21-19(26)27-11-12-4-2-1-3-5-12/h1-8,16,22H,9-11H2,(H,20,25)(H,21,26)(H,23,24)/t16-/m1/s1. The second-order valence-corrected chi connectivity index (χ2v) is 6.07. The zero-order chi connectivity index (χ0) is 19.2. The van der Waals surface area contributed by atoms with Crippen molar-refractivity contribution in [2.75, 3.05) is 10.6 Å². The number of amides is 2. The molecule has 0 unspecified atom stereocenters. The summed E-state index contributed by atoms with van der Waals surface area (Å²) < 4.78 is 5.18. The molecule has 1 aliphatic rings. The van der Waals surface area contributed by atoms with Gasteiger partial charge in [-0.1, -0.05) is 36.4 Å². The van der Waals surface area contributed by atoms with Crippen LogP contribution >= 0.6 is 0 Å². The maximum Gasteiger partial charge on any atom is 0.411 e. The van der Waals surface area contributed by atoms with Crippen molar-refractivity contribution < 1.29 is 24.2 Å². The zero-order valence-electron chi connectivity index (χ0n) is 14.4. The lowest BCUT2D eigenvalue weighted by molar-refractivity contribution is -0.139. The van der Waals surface area contributed by atoms with Gasteiger partial charge in [-0.2, -0.15) is 0 Å². The first-order chi connectivity index (χ1) is 13.0. The van der Waals surface area contributed by atoms with E-state index in [2.05, 4.69) is 16.0 Å². The molecule has 140 valence electrons. The van der Waals surface area contributed by atoms with Crippen LogP contribution in [0.15, 0.2) is 48.5 Å². The molecule has 8 heteroatoms. The number of fused-ring (bicyclic) bond motifs is 1. The summed E-state index contributed by atoms with van der Waals surface area (Å²) in [5, 5.41) is 17.2. The van der Waals surface area contributed by atoms with Crippen LogP contribution in [0.1, 0.15) is 17.5 Å². The first-order valence-electron chi connectivity index (χ1n) is 8.38. The molecule has 2 aromatic rings. The Bertz CT molecular complexity index is 854. The van der Waals surface area contributed by atoms with Crippen LogP contribution in [0, 0.1) is 0 Å². The van der Waals surface area contributed by atoms with Gasteiger partial charge in [-0.3, -0.25) is 14.9 Å². The van der Waals surface area contributed by atoms with Gasteiger partial charge in [0.1, 0.15) is 12.6 Å². The first-order valence-corrected chi connectivity index (χ1v) is 8.38. The molecule has 0 fully saturated rings. The number of carboxylic acids is 1. The van der Waals surface area contributed by atoms with Crippen molar-refractivity contribution in [3.05, 3.63) is 59.7 Å². The molecule has 0 spiro atoms. The summed E-state index contributed by atoms with van der Waals surface area (Å²) in [5.41, 5.74) is 2.72. The van der Waals surface area contributed by atoms with Gasteiger partial charge < -0.3 is 20.5 Å². The van der Waals surface area contributed by atoms with E-state index in [9.17, 15) is 14.4 Å². The normalized spacial score (nSPS) is 15.6. The molecule has 1 aliphatic heterocycles. The van der Waals surface area contributed by atoms with E-state index >= 15 is 0 Å². The molecule has 0 bridgehead atoms. The Kier molecular flexibility index (Phi) is 5.55. The number of hydrogen-bond acceptors (Lipinski definition) is 5. The Labute approximate surface area is 155 Å². The van der Waals surface area contributed by atoms with E-state index in [0.29, 0.717) is 11.4 Å². The third-order valence-corrected chi connectivity index (χ3v) is 4.05. The highest BCUT2D eigenvalue weighted by molar-refractivity contribution is 5.91. The molecule has 2 amide bonds. The van der Waals surface area contributed by atoms with Gasteiger partial charge in [-0.05, 0) is 23.3 Å². The molecule has 8 nitrogen and oxygen atoms in total. The summed E-state index contributed by atoms with van der Waals surface area (Å²) in [6.07, 6.45) is -0.953. The van der Waals surface area contributed by atoms with E-state index in [1.165, 1.54) is 0 Å². The highest BCUT2D eigenvalue weighted by Gasteiger charge is 2.25. The molecule has 3 rings (SSSR count). The van der Waals surface area contributed by atoms with E-state index in [1.807, 2.05) is 30.3 Å². The third kappa shape index (κ3) is 4.97. The van der Waals surface area contributed by atoms with E-state index in [0.717, 1.165) is 11.1 Å². The van der Waals surface area contributed by atoms with Gasteiger partial charge in [0.05, 0.1) is 6.42 Å². The molecule has 0 radical (unpaired) electrons. The fraction of sp³-hybridized carbons (Fsp3) is 0.211. The van der Waals surface area contributed by atoms with Crippen molar-refractivity contribution in [2.45, 2.75) is 25.6 Å². The average molecular weight is 369 g/mol.